The van der Waals surface area contributed by atoms with Gasteiger partial charge in [-0.1, -0.05) is 41.5 Å². The largest absolute Gasteiger partial charge is 0.480 e. The Morgan fingerprint density at radius 3 is 2.69 bits per heavy atom. The van der Waals surface area contributed by atoms with Crippen molar-refractivity contribution in [2.24, 2.45) is 5.11 Å². The number of nitrogens with one attached hydrogen (secondary N) is 2. The quantitative estimate of drug-likeness (QED) is 0.102. The van der Waals surface area contributed by atoms with Gasteiger partial charge in [0.1, 0.15) is 24.0 Å². The summed E-state index contributed by atoms with van der Waals surface area (Å²) in [5.74, 6) is -1.33. The number of aliphatic carboxylic acids is 1. The molecule has 0 saturated carbocycles. The summed E-state index contributed by atoms with van der Waals surface area (Å²) >= 11 is 0. The van der Waals surface area contributed by atoms with Crippen LogP contribution in [0.2, 0.25) is 0 Å². The Labute approximate surface area is 218 Å². The number of ether oxygens (including phenoxy) is 1. The summed E-state index contributed by atoms with van der Waals surface area (Å²) in [6.45, 7) is 0.155. The van der Waals surface area contributed by atoms with Gasteiger partial charge in [0.2, 0.25) is 5.72 Å². The number of nitrogens with zero attached hydrogens (tertiary/aromatic N) is 4. The molecule has 4 rings (SSSR count). The highest BCUT2D eigenvalue weighted by Gasteiger charge is 2.56. The number of hydrogen-bond donors (Lipinski definition) is 5. The third kappa shape index (κ3) is 5.72. The van der Waals surface area contributed by atoms with Gasteiger partial charge in [0, 0.05) is 22.6 Å². The van der Waals surface area contributed by atoms with Gasteiger partial charge in [-0.3, -0.25) is 23.7 Å². The van der Waals surface area contributed by atoms with E-state index in [4.69, 9.17) is 19.3 Å². The lowest BCUT2D eigenvalue weighted by atomic mass is 10.1. The molecule has 2 aromatic carbocycles. The molecule has 1 aromatic heterocycles. The summed E-state index contributed by atoms with van der Waals surface area (Å²) in [7, 11) is -4.63. The van der Waals surface area contributed by atoms with Gasteiger partial charge >= 0.3 is 19.4 Å². The smallest absolute Gasteiger partial charge is 0.459 e. The van der Waals surface area contributed by atoms with Crippen LogP contribution in [0.25, 0.3) is 21.2 Å². The van der Waals surface area contributed by atoms with E-state index >= 15 is 0 Å². The number of aliphatic hydroxyl groups is 2. The third-order valence-corrected chi connectivity index (χ3v) is 7.48. The van der Waals surface area contributed by atoms with Gasteiger partial charge in [0.15, 0.2) is 6.23 Å². The molecule has 206 valence electrons. The predicted molar refractivity (Wildman–Crippen MR) is 134 cm³/mol. The van der Waals surface area contributed by atoms with Crippen LogP contribution in [0.15, 0.2) is 69.4 Å². The Hall–Kier alpha value is -4.01. The van der Waals surface area contributed by atoms with Crippen molar-refractivity contribution >= 4 is 24.5 Å². The van der Waals surface area contributed by atoms with E-state index in [1.807, 2.05) is 4.98 Å². The first-order chi connectivity index (χ1) is 18.5. The zero-order chi connectivity index (χ0) is 28.4. The minimum atomic E-state index is -4.63. The zero-order valence-electron chi connectivity index (χ0n) is 20.1. The van der Waals surface area contributed by atoms with Crippen LogP contribution in [0.3, 0.4) is 0 Å². The van der Waals surface area contributed by atoms with Crippen LogP contribution >= 0.6 is 7.75 Å². The number of carboxylic acids is 1. The Bertz CT molecular complexity index is 1600. The number of fused-ring (bicyclic) bond motifs is 1. The fraction of sp³-hybridized carbons (Fsp3) is 0.318. The fourth-order valence-corrected chi connectivity index (χ4v) is 5.43. The second-order valence-electron chi connectivity index (χ2n) is 8.52. The van der Waals surface area contributed by atoms with Gasteiger partial charge in [-0.05, 0) is 23.9 Å². The van der Waals surface area contributed by atoms with Gasteiger partial charge in [0.05, 0.1) is 6.61 Å². The van der Waals surface area contributed by atoms with Crippen molar-refractivity contribution in [2.45, 2.75) is 37.1 Å². The molecule has 0 unspecified atom stereocenters. The van der Waals surface area contributed by atoms with E-state index < -0.39 is 61.8 Å². The fourth-order valence-electron chi connectivity index (χ4n) is 3.89. The molecule has 2 heterocycles. The number of carbonyl (C=O) groups is 1. The number of rotatable bonds is 10. The van der Waals surface area contributed by atoms with Crippen molar-refractivity contribution in [3.05, 3.63) is 86.0 Å². The summed E-state index contributed by atoms with van der Waals surface area (Å²) in [5.41, 5.74) is 4.97. The highest BCUT2D eigenvalue weighted by atomic mass is 31.2. The normalized spacial score (nSPS) is 24.9. The van der Waals surface area contributed by atoms with Crippen LogP contribution in [0, 0.1) is 0 Å². The van der Waals surface area contributed by atoms with E-state index in [9.17, 15) is 34.3 Å². The number of aromatic amines is 1. The molecule has 0 radical (unpaired) electrons. The molecule has 6 atom stereocenters. The zero-order valence-corrected chi connectivity index (χ0v) is 21.0. The molecule has 0 amide bonds. The summed E-state index contributed by atoms with van der Waals surface area (Å²) in [4.78, 5) is 39.7. The molecule has 16 nitrogen and oxygen atoms in total. The molecule has 1 fully saturated rings. The molecule has 1 aliphatic rings. The maximum Gasteiger partial charge on any atom is 0.459 e. The van der Waals surface area contributed by atoms with Crippen LogP contribution in [0.4, 0.5) is 0 Å². The predicted octanol–water partition coefficient (Wildman–Crippen LogP) is 1.21. The number of aliphatic hydroxyl groups excluding tert-OH is 2. The number of azide groups is 1. The van der Waals surface area contributed by atoms with Crippen molar-refractivity contribution in [3.63, 3.8) is 0 Å². The van der Waals surface area contributed by atoms with Crippen LogP contribution in [0.5, 0.6) is 5.75 Å². The summed E-state index contributed by atoms with van der Waals surface area (Å²) in [6, 6.07) is 11.3. The third-order valence-electron chi connectivity index (χ3n) is 5.87. The number of hydrogen-bond acceptors (Lipinski definition) is 10. The monoisotopic (exact) mass is 562 g/mol. The van der Waals surface area contributed by atoms with Crippen molar-refractivity contribution in [2.75, 3.05) is 6.61 Å². The summed E-state index contributed by atoms with van der Waals surface area (Å²) in [6.07, 6.45) is -4.59. The van der Waals surface area contributed by atoms with E-state index in [1.54, 1.807) is 36.4 Å². The molecule has 0 spiro atoms. The lowest BCUT2D eigenvalue weighted by Crippen LogP contribution is -2.45. The highest BCUT2D eigenvalue weighted by Crippen LogP contribution is 2.49. The van der Waals surface area contributed by atoms with Crippen LogP contribution in [-0.2, 0) is 18.6 Å². The van der Waals surface area contributed by atoms with E-state index in [1.165, 1.54) is 13.0 Å². The van der Waals surface area contributed by atoms with Crippen LogP contribution < -0.4 is 20.9 Å². The standard InChI is InChI=1S/C22H23N6O10P/c1-12(20(32)33)25-39(35,38-15-8-4-6-13-5-2-3-7-14(13)15)36-11-22(26-27-23)18(31)17(30)19(37-22)28-10-9-16(29)24-21(28)34/h2-10,12,17-19,30-31H,11H2,1H3,(H,25,35)(H,32,33)(H,24,29,34)/t12-,17+,18-,19+,22+,39-/m0/s1. The molecule has 39 heavy (non-hydrogen) atoms. The van der Waals surface area contributed by atoms with E-state index in [0.717, 1.165) is 16.8 Å². The molecule has 1 saturated heterocycles. The average molecular weight is 562 g/mol. The highest BCUT2D eigenvalue weighted by molar-refractivity contribution is 7.52. The molecule has 5 N–H and O–H groups in total. The first kappa shape index (κ1) is 28.0. The average Bonchev–Trinajstić information content (AvgIpc) is 3.13. The molecule has 3 aromatic rings. The van der Waals surface area contributed by atoms with Gasteiger partial charge < -0.3 is 24.6 Å². The van der Waals surface area contributed by atoms with E-state index in [2.05, 4.69) is 15.1 Å². The van der Waals surface area contributed by atoms with E-state index in [0.29, 0.717) is 10.8 Å². The summed E-state index contributed by atoms with van der Waals surface area (Å²) in [5, 5.41) is 37.6. The van der Waals surface area contributed by atoms with Crippen molar-refractivity contribution in [1.29, 1.82) is 0 Å². The van der Waals surface area contributed by atoms with Crippen LogP contribution in [-0.4, -0.2) is 61.4 Å². The van der Waals surface area contributed by atoms with Crippen molar-refractivity contribution in [1.82, 2.24) is 14.6 Å². The Morgan fingerprint density at radius 1 is 1.28 bits per heavy atom. The van der Waals surface area contributed by atoms with Gasteiger partial charge in [-0.2, -0.15) is 5.09 Å². The first-order valence-electron chi connectivity index (χ1n) is 11.3. The van der Waals surface area contributed by atoms with Crippen molar-refractivity contribution in [3.8, 4) is 5.75 Å². The number of benzene rings is 2. The second kappa shape index (κ2) is 11.0. The van der Waals surface area contributed by atoms with Crippen molar-refractivity contribution < 1.29 is 38.5 Å². The second-order valence-corrected chi connectivity index (χ2v) is 10.2. The minimum absolute atomic E-state index is 0.0601. The molecule has 0 aliphatic carbocycles. The Morgan fingerprint density at radius 2 is 2.00 bits per heavy atom. The number of aromatic nitrogens is 2. The number of H-pyrrole nitrogens is 1. The maximum absolute atomic E-state index is 13.8. The lowest BCUT2D eigenvalue weighted by Gasteiger charge is -2.29. The topological polar surface area (TPSA) is 238 Å². The lowest BCUT2D eigenvalue weighted by molar-refractivity contribution is -0.138. The molecular weight excluding hydrogens is 539 g/mol. The van der Waals surface area contributed by atoms with Crippen LogP contribution in [0.1, 0.15) is 13.2 Å². The van der Waals surface area contributed by atoms with Gasteiger partial charge in [-0.25, -0.2) is 9.36 Å². The Kier molecular flexibility index (Phi) is 7.90. The minimum Gasteiger partial charge on any atom is -0.480 e. The Balaban J connectivity index is 1.68. The number of carboxylic acid groups (broad SMARTS) is 1. The summed E-state index contributed by atoms with van der Waals surface area (Å²) < 4.78 is 31.2. The maximum atomic E-state index is 13.8. The van der Waals surface area contributed by atoms with Gasteiger partial charge in [-0.15, -0.1) is 0 Å². The van der Waals surface area contributed by atoms with Gasteiger partial charge in [0.25, 0.3) is 5.56 Å². The molecular formula is C22H23N6O10P. The molecule has 1 aliphatic heterocycles. The molecule has 0 bridgehead atoms. The van der Waals surface area contributed by atoms with E-state index in [-0.39, 0.29) is 5.75 Å². The molecule has 17 heteroatoms. The SMILES string of the molecule is C[C@H](N[P@](=O)(OC[C@@]1(N=[N+]=[N-])O[C@@H](n2ccc(=O)[nH]c2=O)[C@H](O)[C@@H]1O)Oc1cccc2ccccc12)C(=O)O. The first-order valence-corrected chi connectivity index (χ1v) is 12.9.